The number of halogens is 1. The number of imidazole rings is 1. The van der Waals surface area contributed by atoms with E-state index in [2.05, 4.69) is 41.0 Å². The summed E-state index contributed by atoms with van der Waals surface area (Å²) in [6.45, 7) is 6.56. The predicted molar refractivity (Wildman–Crippen MR) is 130 cm³/mol. The average molecular weight is 461 g/mol. The minimum Gasteiger partial charge on any atom is -0.311 e. The number of Topliss-reactive ketones (excluding diaryl/α,β-unsaturated/α-hetero) is 2. The summed E-state index contributed by atoms with van der Waals surface area (Å²) in [4.78, 5) is 38.0. The first-order valence-corrected chi connectivity index (χ1v) is 11.3. The third-order valence-corrected chi connectivity index (χ3v) is 6.22. The van der Waals surface area contributed by atoms with Crippen molar-refractivity contribution in [2.45, 2.75) is 46.6 Å². The van der Waals surface area contributed by atoms with E-state index in [1.165, 1.54) is 17.5 Å². The van der Waals surface area contributed by atoms with Gasteiger partial charge in [0.1, 0.15) is 11.8 Å². The Morgan fingerprint density at radius 2 is 1.73 bits per heavy atom. The Morgan fingerprint density at radius 3 is 2.48 bits per heavy atom. The molecule has 3 aromatic rings. The van der Waals surface area contributed by atoms with Crippen molar-refractivity contribution >= 4 is 34.3 Å². The van der Waals surface area contributed by atoms with E-state index in [9.17, 15) is 9.59 Å². The van der Waals surface area contributed by atoms with Crippen LogP contribution in [0.15, 0.2) is 71.4 Å². The molecule has 1 aromatic carbocycles. The van der Waals surface area contributed by atoms with Crippen LogP contribution < -0.4 is 0 Å². The van der Waals surface area contributed by atoms with Gasteiger partial charge in [0, 0.05) is 28.8 Å². The lowest BCUT2D eigenvalue weighted by molar-refractivity contribution is 0.0973. The lowest BCUT2D eigenvalue weighted by Crippen LogP contribution is -2.20. The van der Waals surface area contributed by atoms with E-state index in [1.54, 1.807) is 37.5 Å². The summed E-state index contributed by atoms with van der Waals surface area (Å²) in [5.74, 6) is -0.0950. The predicted octanol–water partition coefficient (Wildman–Crippen LogP) is 5.94. The number of benzene rings is 1. The highest BCUT2D eigenvalue weighted by atomic mass is 35.5. The second-order valence-electron chi connectivity index (χ2n) is 8.36. The van der Waals surface area contributed by atoms with Crippen LogP contribution >= 0.6 is 11.6 Å². The zero-order valence-corrected chi connectivity index (χ0v) is 19.7. The maximum absolute atomic E-state index is 12.9. The van der Waals surface area contributed by atoms with Gasteiger partial charge in [-0.2, -0.15) is 0 Å². The van der Waals surface area contributed by atoms with E-state index in [0.717, 1.165) is 18.5 Å². The van der Waals surface area contributed by atoms with Crippen LogP contribution in [0.4, 0.5) is 0 Å². The van der Waals surface area contributed by atoms with Crippen molar-refractivity contribution in [1.29, 1.82) is 0 Å². The summed E-state index contributed by atoms with van der Waals surface area (Å²) in [5.41, 5.74) is 5.86. The highest BCUT2D eigenvalue weighted by Gasteiger charge is 2.28. The standard InChI is InChI=1S/C26H25ClN4O2/c1-16(11-12-19-18(3)23(32)20-9-4-5-10-21(20)24(19)33)7-6-8-17(2)13-31-15-30-22-25(27)28-14-29-26(22)31/h4-5,8-11,14-15H,6-7,12-13H2,1-3H3/b16-11+,17-8+. The van der Waals surface area contributed by atoms with Crippen LogP contribution in [0.25, 0.3) is 11.2 Å². The zero-order valence-electron chi connectivity index (χ0n) is 18.9. The van der Waals surface area contributed by atoms with Crippen molar-refractivity contribution in [3.63, 3.8) is 0 Å². The van der Waals surface area contributed by atoms with Crippen molar-refractivity contribution in [3.8, 4) is 0 Å². The molecule has 0 N–H and O–H groups in total. The third-order valence-electron chi connectivity index (χ3n) is 5.95. The van der Waals surface area contributed by atoms with Crippen LogP contribution in [0.1, 0.15) is 60.7 Å². The lowest BCUT2D eigenvalue weighted by atomic mass is 9.83. The summed E-state index contributed by atoms with van der Waals surface area (Å²) in [5, 5.41) is 0.355. The summed E-state index contributed by atoms with van der Waals surface area (Å²) < 4.78 is 1.95. The molecule has 0 radical (unpaired) electrons. The van der Waals surface area contributed by atoms with Crippen LogP contribution in [0.3, 0.4) is 0 Å². The highest BCUT2D eigenvalue weighted by Crippen LogP contribution is 2.28. The molecule has 1 aliphatic carbocycles. The van der Waals surface area contributed by atoms with Crippen molar-refractivity contribution in [2.24, 2.45) is 0 Å². The van der Waals surface area contributed by atoms with Crippen LogP contribution in [-0.2, 0) is 6.54 Å². The first-order chi connectivity index (χ1) is 15.9. The second-order valence-corrected chi connectivity index (χ2v) is 8.72. The fourth-order valence-corrected chi connectivity index (χ4v) is 4.20. The molecule has 0 fully saturated rings. The fraction of sp³-hybridized carbons (Fsp3) is 0.269. The first-order valence-electron chi connectivity index (χ1n) is 10.9. The average Bonchev–Trinajstić information content (AvgIpc) is 3.21. The van der Waals surface area contributed by atoms with Gasteiger partial charge < -0.3 is 4.57 Å². The molecule has 0 saturated heterocycles. The Bertz CT molecular complexity index is 1350. The normalized spacial score (nSPS) is 14.9. The lowest BCUT2D eigenvalue weighted by Gasteiger charge is -2.18. The summed E-state index contributed by atoms with van der Waals surface area (Å²) in [7, 11) is 0. The molecule has 1 aliphatic rings. The van der Waals surface area contributed by atoms with E-state index in [-0.39, 0.29) is 11.6 Å². The quantitative estimate of drug-likeness (QED) is 0.322. The molecular weight excluding hydrogens is 436 g/mol. The van der Waals surface area contributed by atoms with Crippen molar-refractivity contribution in [2.75, 3.05) is 0 Å². The zero-order chi connectivity index (χ0) is 23.5. The molecule has 7 heteroatoms. The molecule has 0 atom stereocenters. The van der Waals surface area contributed by atoms with Gasteiger partial charge in [-0.1, -0.05) is 59.2 Å². The van der Waals surface area contributed by atoms with E-state index in [1.807, 2.05) is 4.57 Å². The van der Waals surface area contributed by atoms with Gasteiger partial charge in [-0.05, 0) is 40.0 Å². The van der Waals surface area contributed by atoms with E-state index in [0.29, 0.717) is 45.9 Å². The Kier molecular flexibility index (Phi) is 6.65. The van der Waals surface area contributed by atoms with Gasteiger partial charge in [0.05, 0.1) is 6.33 Å². The highest BCUT2D eigenvalue weighted by molar-refractivity contribution is 6.33. The maximum Gasteiger partial charge on any atom is 0.190 e. The third kappa shape index (κ3) is 4.71. The number of carbonyl (C=O) groups excluding carboxylic acids is 2. The molecule has 2 heterocycles. The number of fused-ring (bicyclic) bond motifs is 2. The molecule has 2 aromatic heterocycles. The van der Waals surface area contributed by atoms with Crippen molar-refractivity contribution < 1.29 is 9.59 Å². The number of hydrogen-bond donors (Lipinski definition) is 0. The van der Waals surface area contributed by atoms with Crippen LogP contribution in [0.5, 0.6) is 0 Å². The Balaban J connectivity index is 1.37. The van der Waals surface area contributed by atoms with Gasteiger partial charge in [0.15, 0.2) is 22.4 Å². The van der Waals surface area contributed by atoms with Gasteiger partial charge in [0.25, 0.3) is 0 Å². The van der Waals surface area contributed by atoms with Crippen molar-refractivity contribution in [3.05, 3.63) is 87.6 Å². The minimum absolute atomic E-state index is 0.0426. The maximum atomic E-state index is 12.9. The van der Waals surface area contributed by atoms with Crippen LogP contribution in [0.2, 0.25) is 5.15 Å². The largest absolute Gasteiger partial charge is 0.311 e. The van der Waals surface area contributed by atoms with Crippen LogP contribution in [0, 0.1) is 0 Å². The Hall–Kier alpha value is -3.38. The Morgan fingerprint density at radius 1 is 1.00 bits per heavy atom. The molecule has 33 heavy (non-hydrogen) atoms. The molecule has 0 amide bonds. The summed E-state index contributed by atoms with van der Waals surface area (Å²) >= 11 is 6.07. The molecule has 168 valence electrons. The van der Waals surface area contributed by atoms with E-state index in [4.69, 9.17) is 11.6 Å². The van der Waals surface area contributed by atoms with Gasteiger partial charge in [-0.3, -0.25) is 9.59 Å². The monoisotopic (exact) mass is 460 g/mol. The van der Waals surface area contributed by atoms with Gasteiger partial charge in [-0.15, -0.1) is 0 Å². The topological polar surface area (TPSA) is 77.7 Å². The number of rotatable bonds is 7. The minimum atomic E-state index is -0.0524. The fourth-order valence-electron chi connectivity index (χ4n) is 4.02. The molecule has 4 rings (SSSR count). The number of carbonyl (C=O) groups is 2. The van der Waals surface area contributed by atoms with Crippen LogP contribution in [-0.4, -0.2) is 31.1 Å². The second kappa shape index (κ2) is 9.63. The summed E-state index contributed by atoms with van der Waals surface area (Å²) in [6.07, 6.45) is 9.65. The van der Waals surface area contributed by atoms with Crippen molar-refractivity contribution in [1.82, 2.24) is 19.5 Å². The van der Waals surface area contributed by atoms with E-state index >= 15 is 0 Å². The molecule has 0 saturated carbocycles. The van der Waals surface area contributed by atoms with Gasteiger partial charge in [-0.25, -0.2) is 15.0 Å². The molecule has 0 bridgehead atoms. The number of ketones is 2. The molecule has 6 nitrogen and oxygen atoms in total. The van der Waals surface area contributed by atoms with Gasteiger partial charge in [0.2, 0.25) is 0 Å². The number of aromatic nitrogens is 4. The smallest absolute Gasteiger partial charge is 0.190 e. The SMILES string of the molecule is CC1=C(C/C=C(\C)CC/C=C(\C)Cn2cnc3c(Cl)ncnc32)C(=O)c2ccccc2C1=O. The molecule has 0 spiro atoms. The van der Waals surface area contributed by atoms with E-state index < -0.39 is 0 Å². The summed E-state index contributed by atoms with van der Waals surface area (Å²) in [6, 6.07) is 7.04. The number of allylic oxidation sites excluding steroid dienone is 6. The van der Waals surface area contributed by atoms with Gasteiger partial charge >= 0.3 is 0 Å². The number of nitrogens with zero attached hydrogens (tertiary/aromatic N) is 4. The number of hydrogen-bond acceptors (Lipinski definition) is 5. The molecule has 0 unspecified atom stereocenters. The molecular formula is C26H25ClN4O2. The Labute approximate surface area is 197 Å². The first kappa shape index (κ1) is 22.8. The molecule has 0 aliphatic heterocycles.